The molecule has 0 aliphatic heterocycles. The van der Waals surface area contributed by atoms with Crippen molar-refractivity contribution in [1.82, 2.24) is 10.2 Å². The van der Waals surface area contributed by atoms with E-state index in [0.717, 1.165) is 36.4 Å². The predicted octanol–water partition coefficient (Wildman–Crippen LogP) is 7.10. The van der Waals surface area contributed by atoms with Gasteiger partial charge in [-0.1, -0.05) is 91.3 Å². The standard InChI is InChI=1S/C31H34Cl3N3O4S/c1-2-29(31(39)35-23-12-5-3-6-13-23)36(20-26-27(33)17-10-18-28(26)34)30(38)21-37(24-14-9-11-22(32)19-24)42(40,41)25-15-7-4-8-16-25/h4,7-11,14-19,23,29H,2-3,5-6,12-13,20-21H2,1H3,(H,35,39)/t29-/m1/s1. The van der Waals surface area contributed by atoms with Crippen LogP contribution < -0.4 is 9.62 Å². The molecule has 3 aromatic rings. The second-order valence-corrected chi connectivity index (χ2v) is 13.4. The van der Waals surface area contributed by atoms with E-state index < -0.39 is 28.5 Å². The number of nitrogens with one attached hydrogen (secondary N) is 1. The number of benzene rings is 3. The third-order valence-electron chi connectivity index (χ3n) is 7.43. The fourth-order valence-electron chi connectivity index (χ4n) is 5.20. The average Bonchev–Trinajstić information content (AvgIpc) is 2.98. The van der Waals surface area contributed by atoms with Crippen LogP contribution in [0, 0.1) is 0 Å². The highest BCUT2D eigenvalue weighted by molar-refractivity contribution is 7.92. The molecule has 1 saturated carbocycles. The minimum atomic E-state index is -4.19. The number of sulfonamides is 1. The van der Waals surface area contributed by atoms with E-state index in [4.69, 9.17) is 34.8 Å². The Hall–Kier alpha value is -2.78. The average molecular weight is 651 g/mol. The molecule has 1 atom stereocenters. The van der Waals surface area contributed by atoms with Gasteiger partial charge >= 0.3 is 0 Å². The Morgan fingerprint density at radius 2 is 1.55 bits per heavy atom. The molecule has 4 rings (SSSR count). The van der Waals surface area contributed by atoms with Crippen LogP contribution in [0.25, 0.3) is 0 Å². The molecular formula is C31H34Cl3N3O4S. The zero-order valence-corrected chi connectivity index (χ0v) is 26.4. The van der Waals surface area contributed by atoms with Gasteiger partial charge in [-0.2, -0.15) is 0 Å². The third kappa shape index (κ3) is 7.78. The van der Waals surface area contributed by atoms with Gasteiger partial charge in [0.15, 0.2) is 0 Å². The van der Waals surface area contributed by atoms with Crippen molar-refractivity contribution in [1.29, 1.82) is 0 Å². The smallest absolute Gasteiger partial charge is 0.264 e. The first kappa shape index (κ1) is 32.1. The molecule has 0 bridgehead atoms. The Kier molecular flexibility index (Phi) is 11.2. The van der Waals surface area contributed by atoms with Gasteiger partial charge in [0.2, 0.25) is 11.8 Å². The van der Waals surface area contributed by atoms with E-state index in [-0.39, 0.29) is 29.1 Å². The van der Waals surface area contributed by atoms with Crippen LogP contribution in [-0.2, 0) is 26.2 Å². The first-order chi connectivity index (χ1) is 20.1. The molecule has 1 aliphatic rings. The molecule has 0 heterocycles. The summed E-state index contributed by atoms with van der Waals surface area (Å²) in [6.07, 6.45) is 5.26. The molecule has 0 saturated heterocycles. The molecular weight excluding hydrogens is 617 g/mol. The third-order valence-corrected chi connectivity index (χ3v) is 10.2. The van der Waals surface area contributed by atoms with Crippen molar-refractivity contribution in [2.75, 3.05) is 10.8 Å². The number of halogens is 3. The molecule has 0 spiro atoms. The number of hydrogen-bond acceptors (Lipinski definition) is 4. The Labute approximate surface area is 262 Å². The van der Waals surface area contributed by atoms with Gasteiger partial charge in [0, 0.05) is 33.2 Å². The SMILES string of the molecule is CC[C@H](C(=O)NC1CCCCC1)N(Cc1c(Cl)cccc1Cl)C(=O)CN(c1cccc(Cl)c1)S(=O)(=O)c1ccccc1. The van der Waals surface area contributed by atoms with Gasteiger partial charge in [-0.25, -0.2) is 8.42 Å². The molecule has 1 aliphatic carbocycles. The Balaban J connectivity index is 1.73. The maximum Gasteiger partial charge on any atom is 0.264 e. The summed E-state index contributed by atoms with van der Waals surface area (Å²) in [5.41, 5.74) is 0.688. The van der Waals surface area contributed by atoms with E-state index in [1.165, 1.54) is 23.1 Å². The van der Waals surface area contributed by atoms with Gasteiger partial charge in [0.25, 0.3) is 10.0 Å². The lowest BCUT2D eigenvalue weighted by atomic mass is 9.95. The van der Waals surface area contributed by atoms with E-state index in [2.05, 4.69) is 5.32 Å². The van der Waals surface area contributed by atoms with Crippen molar-refractivity contribution in [3.05, 3.63) is 93.4 Å². The lowest BCUT2D eigenvalue weighted by Gasteiger charge is -2.34. The van der Waals surface area contributed by atoms with Gasteiger partial charge in [-0.15, -0.1) is 0 Å². The van der Waals surface area contributed by atoms with Crippen molar-refractivity contribution < 1.29 is 18.0 Å². The van der Waals surface area contributed by atoms with E-state index in [9.17, 15) is 18.0 Å². The highest BCUT2D eigenvalue weighted by Gasteiger charge is 2.35. The summed E-state index contributed by atoms with van der Waals surface area (Å²) in [5.74, 6) is -0.878. The topological polar surface area (TPSA) is 86.8 Å². The van der Waals surface area contributed by atoms with Crippen molar-refractivity contribution in [3.63, 3.8) is 0 Å². The predicted molar refractivity (Wildman–Crippen MR) is 169 cm³/mol. The normalized spacial score (nSPS) is 14.7. The van der Waals surface area contributed by atoms with Crippen LogP contribution >= 0.6 is 34.8 Å². The van der Waals surface area contributed by atoms with E-state index in [1.54, 1.807) is 54.6 Å². The molecule has 1 fully saturated rings. The van der Waals surface area contributed by atoms with Gasteiger partial charge < -0.3 is 10.2 Å². The second-order valence-electron chi connectivity index (χ2n) is 10.3. The van der Waals surface area contributed by atoms with Gasteiger partial charge in [0.1, 0.15) is 12.6 Å². The maximum atomic E-state index is 14.2. The van der Waals surface area contributed by atoms with Crippen LogP contribution in [-0.4, -0.2) is 43.8 Å². The van der Waals surface area contributed by atoms with Crippen LogP contribution in [0.3, 0.4) is 0 Å². The molecule has 11 heteroatoms. The van der Waals surface area contributed by atoms with Crippen LogP contribution in [0.2, 0.25) is 15.1 Å². The molecule has 42 heavy (non-hydrogen) atoms. The maximum absolute atomic E-state index is 14.2. The van der Waals surface area contributed by atoms with Crippen LogP contribution in [0.5, 0.6) is 0 Å². The van der Waals surface area contributed by atoms with E-state index in [1.807, 2.05) is 6.92 Å². The molecule has 0 unspecified atom stereocenters. The number of rotatable bonds is 11. The van der Waals surface area contributed by atoms with Crippen molar-refractivity contribution >= 4 is 62.3 Å². The summed E-state index contributed by atoms with van der Waals surface area (Å²) in [6, 6.07) is 18.3. The van der Waals surface area contributed by atoms with E-state index >= 15 is 0 Å². The highest BCUT2D eigenvalue weighted by Crippen LogP contribution is 2.30. The summed E-state index contributed by atoms with van der Waals surface area (Å²) in [7, 11) is -4.19. The lowest BCUT2D eigenvalue weighted by molar-refractivity contribution is -0.140. The molecule has 7 nitrogen and oxygen atoms in total. The minimum Gasteiger partial charge on any atom is -0.352 e. The summed E-state index contributed by atoms with van der Waals surface area (Å²) < 4.78 is 28.8. The Bertz CT molecular complexity index is 1480. The quantitative estimate of drug-likeness (QED) is 0.240. The molecule has 3 aromatic carbocycles. The monoisotopic (exact) mass is 649 g/mol. The van der Waals surface area contributed by atoms with Gasteiger partial charge in [0.05, 0.1) is 10.6 Å². The van der Waals surface area contributed by atoms with Gasteiger partial charge in [-0.3, -0.25) is 13.9 Å². The summed E-state index contributed by atoms with van der Waals surface area (Å²) in [4.78, 5) is 29.3. The van der Waals surface area contributed by atoms with Crippen molar-refractivity contribution in [2.24, 2.45) is 0 Å². The first-order valence-electron chi connectivity index (χ1n) is 14.0. The molecule has 0 radical (unpaired) electrons. The van der Waals surface area contributed by atoms with Crippen LogP contribution in [0.1, 0.15) is 51.0 Å². The number of amides is 2. The second kappa shape index (κ2) is 14.6. The number of carbonyl (C=O) groups excluding carboxylic acids is 2. The lowest BCUT2D eigenvalue weighted by Crippen LogP contribution is -2.54. The number of nitrogens with zero attached hydrogens (tertiary/aromatic N) is 2. The molecule has 224 valence electrons. The summed E-state index contributed by atoms with van der Waals surface area (Å²) in [5, 5.41) is 4.11. The molecule has 2 amide bonds. The summed E-state index contributed by atoms with van der Waals surface area (Å²) >= 11 is 19.2. The molecule has 0 aromatic heterocycles. The van der Waals surface area contributed by atoms with Crippen molar-refractivity contribution in [3.8, 4) is 0 Å². The number of hydrogen-bond donors (Lipinski definition) is 1. The van der Waals surface area contributed by atoms with Crippen molar-refractivity contribution in [2.45, 2.75) is 69.0 Å². The zero-order valence-electron chi connectivity index (χ0n) is 23.3. The fourth-order valence-corrected chi connectivity index (χ4v) is 7.33. The minimum absolute atomic E-state index is 0.0144. The van der Waals surface area contributed by atoms with Crippen LogP contribution in [0.4, 0.5) is 5.69 Å². The van der Waals surface area contributed by atoms with E-state index in [0.29, 0.717) is 27.1 Å². The zero-order chi connectivity index (χ0) is 30.3. The first-order valence-corrected chi connectivity index (χ1v) is 16.5. The fraction of sp³-hybridized carbons (Fsp3) is 0.355. The van der Waals surface area contributed by atoms with Gasteiger partial charge in [-0.05, 0) is 61.7 Å². The number of carbonyl (C=O) groups is 2. The largest absolute Gasteiger partial charge is 0.352 e. The Morgan fingerprint density at radius 1 is 0.905 bits per heavy atom. The van der Waals surface area contributed by atoms with Crippen LogP contribution in [0.15, 0.2) is 77.7 Å². The summed E-state index contributed by atoms with van der Waals surface area (Å²) in [6.45, 7) is 1.16. The molecule has 1 N–H and O–H groups in total. The number of anilines is 1. The highest BCUT2D eigenvalue weighted by atomic mass is 35.5. The Morgan fingerprint density at radius 3 is 2.17 bits per heavy atom.